The first-order valence-electron chi connectivity index (χ1n) is 10.6. The van der Waals surface area contributed by atoms with E-state index in [1.165, 1.54) is 20.9 Å². The molecule has 0 bridgehead atoms. The van der Waals surface area contributed by atoms with Crippen LogP contribution in [0.15, 0.2) is 24.4 Å². The Morgan fingerprint density at radius 1 is 1.24 bits per heavy atom. The van der Waals surface area contributed by atoms with Crippen LogP contribution in [-0.4, -0.2) is 71.7 Å². The number of nitrogens with zero attached hydrogens (tertiary/aromatic N) is 7. The van der Waals surface area contributed by atoms with Gasteiger partial charge in [0.1, 0.15) is 23.0 Å². The highest BCUT2D eigenvalue weighted by Crippen LogP contribution is 2.30. The zero-order valence-corrected chi connectivity index (χ0v) is 18.4. The number of hydrogen-bond donors (Lipinski definition) is 2. The number of likely N-dealkylation sites (tertiary alicyclic amines) is 1. The summed E-state index contributed by atoms with van der Waals surface area (Å²) < 4.78 is 43.3. The van der Waals surface area contributed by atoms with Crippen molar-refractivity contribution in [1.29, 1.82) is 0 Å². The number of hydrogen-bond acceptors (Lipinski definition) is 7. The Morgan fingerprint density at radius 2 is 2.03 bits per heavy atom. The number of nitrogens with two attached hydrogens (primary N) is 1. The minimum Gasteiger partial charge on any atom is -0.382 e. The van der Waals surface area contributed by atoms with E-state index in [4.69, 9.17) is 5.73 Å². The maximum atomic E-state index is 14.4. The van der Waals surface area contributed by atoms with E-state index < -0.39 is 25.2 Å². The second kappa shape index (κ2) is 8.15. The lowest BCUT2D eigenvalue weighted by molar-refractivity contribution is -0.128. The fraction of sp³-hybridized carbons (Fsp3) is 0.381. The largest absolute Gasteiger partial charge is 0.382 e. The summed E-state index contributed by atoms with van der Waals surface area (Å²) in [6, 6.07) is 4.53. The minimum atomic E-state index is -2.54. The van der Waals surface area contributed by atoms with Crippen LogP contribution in [0.5, 0.6) is 0 Å². The molecule has 4 aromatic rings. The van der Waals surface area contributed by atoms with Crippen LogP contribution in [0.3, 0.4) is 0 Å². The third-order valence-electron chi connectivity index (χ3n) is 5.93. The number of carbonyl (C=O) groups is 1. The summed E-state index contributed by atoms with van der Waals surface area (Å²) in [5.41, 5.74) is 8.66. The average molecular weight is 473 g/mol. The highest BCUT2D eigenvalue weighted by atomic mass is 19.3. The predicted octanol–water partition coefficient (Wildman–Crippen LogP) is 2.28. The molecule has 0 radical (unpaired) electrons. The van der Waals surface area contributed by atoms with Gasteiger partial charge >= 0.3 is 0 Å². The molecule has 1 aliphatic rings. The number of rotatable bonds is 5. The molecule has 5 rings (SSSR count). The van der Waals surface area contributed by atoms with Crippen LogP contribution in [0.4, 0.5) is 24.9 Å². The van der Waals surface area contributed by atoms with Gasteiger partial charge in [0.15, 0.2) is 11.5 Å². The molecule has 1 fully saturated rings. The van der Waals surface area contributed by atoms with Gasteiger partial charge in [0.25, 0.3) is 6.43 Å². The van der Waals surface area contributed by atoms with Gasteiger partial charge in [-0.2, -0.15) is 4.98 Å². The number of imidazole rings is 1. The molecule has 0 aromatic carbocycles. The molecule has 4 aromatic heterocycles. The third kappa shape index (κ3) is 3.76. The smallest absolute Gasteiger partial charge is 0.256 e. The monoisotopic (exact) mass is 473 g/mol. The Bertz CT molecular complexity index is 1400. The van der Waals surface area contributed by atoms with Gasteiger partial charge in [-0.05, 0) is 25.1 Å². The highest BCUT2D eigenvalue weighted by Gasteiger charge is 2.34. The first-order chi connectivity index (χ1) is 16.2. The molecule has 178 valence electrons. The van der Waals surface area contributed by atoms with Gasteiger partial charge in [-0.1, -0.05) is 0 Å². The van der Waals surface area contributed by atoms with E-state index >= 15 is 0 Å². The molecule has 3 N–H and O–H groups in total. The lowest BCUT2D eigenvalue weighted by atomic mass is 10.2. The number of fused-ring (bicyclic) bond motifs is 2. The van der Waals surface area contributed by atoms with Gasteiger partial charge in [-0.15, -0.1) is 5.10 Å². The summed E-state index contributed by atoms with van der Waals surface area (Å²) in [6.45, 7) is 2.75. The van der Waals surface area contributed by atoms with Crippen molar-refractivity contribution in [2.75, 3.05) is 24.1 Å². The second-order valence-corrected chi connectivity index (χ2v) is 8.23. The molecular weight excluding hydrogens is 451 g/mol. The standard InChI is InChI=1S/C21H22F3N9O/c1-10-26-15-4-3-14(27-20(15)32(10)9-17(23)24)12-5-6-33-18(12)19(25)29-21(30-33)28-16-8-31(11(2)34)7-13(16)22/h3-6,13,16-17H,7-9H2,1-2H3,(H3,25,28,29,30)/t13-,16?/m0/s1. The number of aromatic nitrogens is 6. The number of amides is 1. The van der Waals surface area contributed by atoms with Crippen molar-refractivity contribution in [2.45, 2.75) is 39.0 Å². The molecule has 1 amide bonds. The van der Waals surface area contributed by atoms with Crippen molar-refractivity contribution in [3.8, 4) is 11.3 Å². The Kier molecular flexibility index (Phi) is 5.25. The molecule has 34 heavy (non-hydrogen) atoms. The van der Waals surface area contributed by atoms with Crippen molar-refractivity contribution < 1.29 is 18.0 Å². The van der Waals surface area contributed by atoms with Crippen LogP contribution < -0.4 is 11.1 Å². The Hall–Kier alpha value is -3.90. The van der Waals surface area contributed by atoms with E-state index in [1.54, 1.807) is 31.3 Å². The lowest BCUT2D eigenvalue weighted by Gasteiger charge is -2.15. The van der Waals surface area contributed by atoms with Crippen molar-refractivity contribution in [1.82, 2.24) is 34.0 Å². The molecule has 1 saturated heterocycles. The molecule has 2 atom stereocenters. The predicted molar refractivity (Wildman–Crippen MR) is 119 cm³/mol. The van der Waals surface area contributed by atoms with Gasteiger partial charge in [0.2, 0.25) is 11.9 Å². The molecule has 0 saturated carbocycles. The number of anilines is 2. The van der Waals surface area contributed by atoms with Gasteiger partial charge in [0, 0.05) is 25.2 Å². The van der Waals surface area contributed by atoms with Crippen molar-refractivity contribution >= 4 is 34.4 Å². The van der Waals surface area contributed by atoms with E-state index in [1.807, 2.05) is 0 Å². The van der Waals surface area contributed by atoms with Crippen molar-refractivity contribution in [3.05, 3.63) is 30.2 Å². The first kappa shape index (κ1) is 21.9. The van der Waals surface area contributed by atoms with Crippen LogP contribution in [-0.2, 0) is 11.3 Å². The first-order valence-corrected chi connectivity index (χ1v) is 10.6. The van der Waals surface area contributed by atoms with E-state index in [0.717, 1.165) is 0 Å². The van der Waals surface area contributed by atoms with Crippen molar-refractivity contribution in [2.24, 2.45) is 0 Å². The van der Waals surface area contributed by atoms with E-state index in [-0.39, 0.29) is 30.8 Å². The topological polar surface area (TPSA) is 119 Å². The summed E-state index contributed by atoms with van der Waals surface area (Å²) in [5, 5.41) is 7.29. The molecular formula is C21H22F3N9O. The van der Waals surface area contributed by atoms with Gasteiger partial charge in [-0.3, -0.25) is 4.79 Å². The van der Waals surface area contributed by atoms with E-state index in [9.17, 15) is 18.0 Å². The quantitative estimate of drug-likeness (QED) is 0.456. The fourth-order valence-electron chi connectivity index (χ4n) is 4.26. The Balaban J connectivity index is 1.49. The molecule has 0 aliphatic carbocycles. The van der Waals surface area contributed by atoms with Crippen LogP contribution >= 0.6 is 0 Å². The SMILES string of the molecule is CC(=O)N1CC(Nc2nc(N)c3c(-c4ccc5nc(C)n(CC(F)F)c5n4)ccn3n2)[C@@H](F)C1. The van der Waals surface area contributed by atoms with Crippen LogP contribution in [0, 0.1) is 6.92 Å². The van der Waals surface area contributed by atoms with Crippen LogP contribution in [0.25, 0.3) is 27.9 Å². The number of aryl methyl sites for hydroxylation is 1. The maximum Gasteiger partial charge on any atom is 0.256 e. The number of pyridine rings is 1. The highest BCUT2D eigenvalue weighted by molar-refractivity contribution is 5.88. The van der Waals surface area contributed by atoms with Gasteiger partial charge in [0.05, 0.1) is 24.8 Å². The Morgan fingerprint density at radius 3 is 2.74 bits per heavy atom. The second-order valence-electron chi connectivity index (χ2n) is 8.23. The molecule has 5 heterocycles. The lowest BCUT2D eigenvalue weighted by Crippen LogP contribution is -2.32. The summed E-state index contributed by atoms with van der Waals surface area (Å²) in [7, 11) is 0. The molecule has 13 heteroatoms. The zero-order chi connectivity index (χ0) is 24.1. The number of carbonyl (C=O) groups excluding carboxylic acids is 1. The number of nitrogens with one attached hydrogen (secondary N) is 1. The summed E-state index contributed by atoms with van der Waals surface area (Å²) in [6.07, 6.45) is -2.15. The summed E-state index contributed by atoms with van der Waals surface area (Å²) in [5.74, 6) is 0.502. The minimum absolute atomic E-state index is 0.00809. The molecule has 0 spiro atoms. The zero-order valence-electron chi connectivity index (χ0n) is 18.4. The molecule has 10 nitrogen and oxygen atoms in total. The summed E-state index contributed by atoms with van der Waals surface area (Å²) in [4.78, 5) is 26.1. The van der Waals surface area contributed by atoms with Crippen molar-refractivity contribution in [3.63, 3.8) is 0 Å². The fourth-order valence-corrected chi connectivity index (χ4v) is 4.26. The van der Waals surface area contributed by atoms with Crippen LogP contribution in [0.1, 0.15) is 12.7 Å². The summed E-state index contributed by atoms with van der Waals surface area (Å²) >= 11 is 0. The number of halogens is 3. The Labute approximate surface area is 191 Å². The van der Waals surface area contributed by atoms with Gasteiger partial charge in [-0.25, -0.2) is 27.7 Å². The average Bonchev–Trinajstić information content (AvgIpc) is 3.44. The number of nitrogen functional groups attached to an aromatic ring is 1. The van der Waals surface area contributed by atoms with E-state index in [2.05, 4.69) is 25.4 Å². The molecule has 1 aliphatic heterocycles. The van der Waals surface area contributed by atoms with Gasteiger partial charge < -0.3 is 20.5 Å². The maximum absolute atomic E-state index is 14.4. The normalized spacial score (nSPS) is 18.5. The number of alkyl halides is 3. The molecule has 1 unspecified atom stereocenters. The van der Waals surface area contributed by atoms with E-state index in [0.29, 0.717) is 33.8 Å². The third-order valence-corrected chi connectivity index (χ3v) is 5.93. The van der Waals surface area contributed by atoms with Crippen LogP contribution in [0.2, 0.25) is 0 Å².